The van der Waals surface area contributed by atoms with Crippen LogP contribution >= 0.6 is 0 Å². The van der Waals surface area contributed by atoms with E-state index in [1.54, 1.807) is 7.11 Å². The number of hydrogen-bond acceptors (Lipinski definition) is 3. The fourth-order valence-corrected chi connectivity index (χ4v) is 2.08. The molecular weight excluding hydrogens is 236 g/mol. The van der Waals surface area contributed by atoms with Gasteiger partial charge in [-0.3, -0.25) is 0 Å². The van der Waals surface area contributed by atoms with Crippen molar-refractivity contribution in [3.63, 3.8) is 0 Å². The number of benzene rings is 2. The number of rotatable bonds is 2. The summed E-state index contributed by atoms with van der Waals surface area (Å²) in [5, 5.41) is 0.938. The van der Waals surface area contributed by atoms with E-state index in [0.717, 1.165) is 16.5 Å². The molecule has 0 amide bonds. The molecule has 3 heteroatoms. The highest BCUT2D eigenvalue weighted by molar-refractivity contribution is 5.85. The molecule has 3 aromatic rings. The van der Waals surface area contributed by atoms with Gasteiger partial charge in [-0.2, -0.15) is 4.98 Å². The molecule has 1 heterocycles. The van der Waals surface area contributed by atoms with Gasteiger partial charge in [0.15, 0.2) is 5.82 Å². The van der Waals surface area contributed by atoms with Crippen molar-refractivity contribution >= 4 is 10.9 Å². The van der Waals surface area contributed by atoms with Crippen molar-refractivity contribution in [1.29, 1.82) is 0 Å². The summed E-state index contributed by atoms with van der Waals surface area (Å²) in [6, 6.07) is 16.0. The number of ether oxygens (including phenoxy) is 1. The second-order valence-corrected chi connectivity index (χ2v) is 4.44. The van der Waals surface area contributed by atoms with Crippen molar-refractivity contribution < 1.29 is 4.74 Å². The molecule has 0 aliphatic carbocycles. The fourth-order valence-electron chi connectivity index (χ4n) is 2.08. The van der Waals surface area contributed by atoms with Gasteiger partial charge < -0.3 is 4.74 Å². The van der Waals surface area contributed by atoms with E-state index >= 15 is 0 Å². The maximum absolute atomic E-state index is 5.38. The van der Waals surface area contributed by atoms with E-state index in [2.05, 4.69) is 16.9 Å². The monoisotopic (exact) mass is 250 g/mol. The zero-order chi connectivity index (χ0) is 13.2. The third-order valence-electron chi connectivity index (χ3n) is 3.04. The Morgan fingerprint density at radius 3 is 2.47 bits per heavy atom. The molecule has 0 N–H and O–H groups in total. The lowest BCUT2D eigenvalue weighted by molar-refractivity contribution is 0.403. The number of methoxy groups -OCH3 is 1. The van der Waals surface area contributed by atoms with Crippen LogP contribution in [-0.4, -0.2) is 17.1 Å². The summed E-state index contributed by atoms with van der Waals surface area (Å²) >= 11 is 0. The van der Waals surface area contributed by atoms with Crippen LogP contribution in [0.1, 0.15) is 5.56 Å². The molecule has 0 bridgehead atoms. The van der Waals surface area contributed by atoms with Crippen molar-refractivity contribution in [2.75, 3.05) is 7.11 Å². The first-order valence-corrected chi connectivity index (χ1v) is 6.16. The zero-order valence-corrected chi connectivity index (χ0v) is 10.9. The Kier molecular flexibility index (Phi) is 2.88. The molecule has 0 aliphatic rings. The topological polar surface area (TPSA) is 35.0 Å². The van der Waals surface area contributed by atoms with E-state index in [0.29, 0.717) is 11.7 Å². The largest absolute Gasteiger partial charge is 0.480 e. The Morgan fingerprint density at radius 1 is 0.947 bits per heavy atom. The Bertz CT molecular complexity index is 723. The highest BCUT2D eigenvalue weighted by Crippen LogP contribution is 2.26. The number of aromatic nitrogens is 2. The van der Waals surface area contributed by atoms with Gasteiger partial charge in [0.25, 0.3) is 0 Å². The van der Waals surface area contributed by atoms with E-state index in [1.807, 2.05) is 48.5 Å². The molecule has 2 aromatic carbocycles. The van der Waals surface area contributed by atoms with Crippen LogP contribution in [0.15, 0.2) is 48.5 Å². The van der Waals surface area contributed by atoms with Crippen LogP contribution in [0.4, 0.5) is 0 Å². The number of fused-ring (bicyclic) bond motifs is 1. The van der Waals surface area contributed by atoms with Crippen LogP contribution in [-0.2, 0) is 0 Å². The Hall–Kier alpha value is -2.42. The van der Waals surface area contributed by atoms with E-state index < -0.39 is 0 Å². The van der Waals surface area contributed by atoms with Gasteiger partial charge in [-0.05, 0) is 24.6 Å². The highest BCUT2D eigenvalue weighted by atomic mass is 16.5. The van der Waals surface area contributed by atoms with E-state index in [9.17, 15) is 0 Å². The van der Waals surface area contributed by atoms with E-state index in [1.165, 1.54) is 5.56 Å². The number of nitrogens with zero attached hydrogens (tertiary/aromatic N) is 2. The lowest BCUT2D eigenvalue weighted by Crippen LogP contribution is -1.96. The fraction of sp³-hybridized carbons (Fsp3) is 0.125. The summed E-state index contributed by atoms with van der Waals surface area (Å²) in [5.74, 6) is 1.31. The summed E-state index contributed by atoms with van der Waals surface area (Å²) in [4.78, 5) is 9.11. The lowest BCUT2D eigenvalue weighted by atomic mass is 10.1. The van der Waals surface area contributed by atoms with Gasteiger partial charge in [-0.15, -0.1) is 0 Å². The van der Waals surface area contributed by atoms with Crippen molar-refractivity contribution in [3.05, 3.63) is 54.1 Å². The van der Waals surface area contributed by atoms with Crippen LogP contribution in [0, 0.1) is 6.92 Å². The molecule has 3 rings (SSSR count). The van der Waals surface area contributed by atoms with Gasteiger partial charge in [0.2, 0.25) is 5.88 Å². The minimum absolute atomic E-state index is 0.615. The van der Waals surface area contributed by atoms with Crippen LogP contribution in [0.3, 0.4) is 0 Å². The summed E-state index contributed by atoms with van der Waals surface area (Å²) in [5.41, 5.74) is 3.07. The van der Waals surface area contributed by atoms with Crippen LogP contribution < -0.4 is 4.74 Å². The third kappa shape index (κ3) is 2.15. The van der Waals surface area contributed by atoms with Gasteiger partial charge >= 0.3 is 0 Å². The molecule has 0 aliphatic heterocycles. The van der Waals surface area contributed by atoms with Gasteiger partial charge in [0, 0.05) is 5.56 Å². The molecule has 19 heavy (non-hydrogen) atoms. The lowest BCUT2D eigenvalue weighted by Gasteiger charge is -2.08. The van der Waals surface area contributed by atoms with Gasteiger partial charge in [0.05, 0.1) is 18.0 Å². The molecule has 0 saturated carbocycles. The number of aryl methyl sites for hydroxylation is 1. The quantitative estimate of drug-likeness (QED) is 0.696. The first-order valence-electron chi connectivity index (χ1n) is 6.16. The molecule has 0 unspecified atom stereocenters. The molecule has 3 nitrogen and oxygen atoms in total. The van der Waals surface area contributed by atoms with Crippen molar-refractivity contribution in [2.45, 2.75) is 6.92 Å². The Labute approximate surface area is 111 Å². The van der Waals surface area contributed by atoms with E-state index in [-0.39, 0.29) is 0 Å². The summed E-state index contributed by atoms with van der Waals surface area (Å²) in [6.45, 7) is 2.05. The van der Waals surface area contributed by atoms with Gasteiger partial charge in [-0.1, -0.05) is 36.4 Å². The second kappa shape index (κ2) is 4.69. The maximum Gasteiger partial charge on any atom is 0.224 e. The normalized spacial score (nSPS) is 10.6. The number of hydrogen-bond donors (Lipinski definition) is 0. The summed E-state index contributed by atoms with van der Waals surface area (Å²) in [7, 11) is 1.64. The van der Waals surface area contributed by atoms with Gasteiger partial charge in [0.1, 0.15) is 0 Å². The zero-order valence-electron chi connectivity index (χ0n) is 10.9. The van der Waals surface area contributed by atoms with Crippen molar-refractivity contribution in [3.8, 4) is 17.3 Å². The first-order chi connectivity index (χ1) is 9.28. The first kappa shape index (κ1) is 11.7. The smallest absolute Gasteiger partial charge is 0.224 e. The molecule has 0 radical (unpaired) electrons. The molecular formula is C16H14N2O. The Morgan fingerprint density at radius 2 is 1.74 bits per heavy atom. The predicted molar refractivity (Wildman–Crippen MR) is 76.3 cm³/mol. The minimum atomic E-state index is 0.615. The van der Waals surface area contributed by atoms with E-state index in [4.69, 9.17) is 4.74 Å². The van der Waals surface area contributed by atoms with Crippen molar-refractivity contribution in [2.24, 2.45) is 0 Å². The molecule has 0 atom stereocenters. The molecule has 1 aromatic heterocycles. The molecule has 0 saturated heterocycles. The minimum Gasteiger partial charge on any atom is -0.480 e. The predicted octanol–water partition coefficient (Wildman–Crippen LogP) is 3.61. The highest BCUT2D eigenvalue weighted by Gasteiger charge is 2.09. The Balaban J connectivity index is 2.27. The molecule has 0 spiro atoms. The van der Waals surface area contributed by atoms with Crippen LogP contribution in [0.5, 0.6) is 5.88 Å². The molecule has 0 fully saturated rings. The summed E-state index contributed by atoms with van der Waals surface area (Å²) in [6.07, 6.45) is 0. The van der Waals surface area contributed by atoms with Gasteiger partial charge in [-0.25, -0.2) is 4.98 Å². The van der Waals surface area contributed by atoms with Crippen molar-refractivity contribution in [1.82, 2.24) is 9.97 Å². The standard InChI is InChI=1S/C16H14N2O/c1-11-8-9-13-14(10-11)17-15(18-16(13)19-2)12-6-4-3-5-7-12/h3-10H,1-2H3. The molecule has 94 valence electrons. The second-order valence-electron chi connectivity index (χ2n) is 4.44. The average Bonchev–Trinajstić information content (AvgIpc) is 2.46. The summed E-state index contributed by atoms with van der Waals surface area (Å²) < 4.78 is 5.38. The maximum atomic E-state index is 5.38. The third-order valence-corrected chi connectivity index (χ3v) is 3.04. The van der Waals surface area contributed by atoms with Crippen LogP contribution in [0.25, 0.3) is 22.3 Å². The average molecular weight is 250 g/mol. The van der Waals surface area contributed by atoms with Crippen LogP contribution in [0.2, 0.25) is 0 Å². The SMILES string of the molecule is COc1nc(-c2ccccc2)nc2cc(C)ccc12.